The zero-order chi connectivity index (χ0) is 24.7. The first-order valence-electron chi connectivity index (χ1n) is 11.0. The molecule has 0 aliphatic heterocycles. The number of para-hydroxylation sites is 3. The minimum absolute atomic E-state index is 0.269. The standard InChI is InChI=1S/C26H30N2O5S/c1-5-22(20-15-16-24(32-3)19(2)17-20)27-26(29)18-28(34(4,30)31)23-13-9-10-14-25(23)33-21-11-7-6-8-12-21/h6-17,22H,5,18H2,1-4H3,(H,27,29)/t22-/m1/s1. The van der Waals surface area contributed by atoms with E-state index in [1.54, 1.807) is 43.5 Å². The van der Waals surface area contributed by atoms with E-state index in [0.29, 0.717) is 17.9 Å². The fourth-order valence-corrected chi connectivity index (χ4v) is 4.52. The molecule has 0 fully saturated rings. The lowest BCUT2D eigenvalue weighted by molar-refractivity contribution is -0.120. The Morgan fingerprint density at radius 2 is 1.68 bits per heavy atom. The summed E-state index contributed by atoms with van der Waals surface area (Å²) in [5, 5.41) is 2.96. The summed E-state index contributed by atoms with van der Waals surface area (Å²) < 4.78 is 37.7. The van der Waals surface area contributed by atoms with Crippen molar-refractivity contribution in [1.82, 2.24) is 5.32 Å². The molecule has 3 aromatic rings. The average Bonchev–Trinajstić information content (AvgIpc) is 2.81. The zero-order valence-electron chi connectivity index (χ0n) is 19.8. The molecule has 7 nitrogen and oxygen atoms in total. The van der Waals surface area contributed by atoms with E-state index in [2.05, 4.69) is 5.32 Å². The molecule has 8 heteroatoms. The van der Waals surface area contributed by atoms with Crippen molar-refractivity contribution < 1.29 is 22.7 Å². The molecule has 0 saturated carbocycles. The van der Waals surface area contributed by atoms with Crippen molar-refractivity contribution in [2.75, 3.05) is 24.2 Å². The fraction of sp³-hybridized carbons (Fsp3) is 0.269. The molecule has 34 heavy (non-hydrogen) atoms. The number of benzene rings is 3. The van der Waals surface area contributed by atoms with E-state index in [-0.39, 0.29) is 18.3 Å². The van der Waals surface area contributed by atoms with Crippen molar-refractivity contribution in [3.05, 3.63) is 83.9 Å². The number of anilines is 1. The number of nitrogens with one attached hydrogen (secondary N) is 1. The SMILES string of the molecule is CC[C@@H](NC(=O)CN(c1ccccc1Oc1ccccc1)S(C)(=O)=O)c1ccc(OC)c(C)c1. The van der Waals surface area contributed by atoms with Crippen LogP contribution in [-0.2, 0) is 14.8 Å². The van der Waals surface area contributed by atoms with Gasteiger partial charge in [-0.1, -0.05) is 49.4 Å². The van der Waals surface area contributed by atoms with Crippen molar-refractivity contribution in [1.29, 1.82) is 0 Å². The maximum absolute atomic E-state index is 13.0. The minimum atomic E-state index is -3.77. The van der Waals surface area contributed by atoms with Gasteiger partial charge < -0.3 is 14.8 Å². The summed E-state index contributed by atoms with van der Waals surface area (Å²) >= 11 is 0. The molecular weight excluding hydrogens is 452 g/mol. The van der Waals surface area contributed by atoms with Gasteiger partial charge in [-0.25, -0.2) is 8.42 Å². The molecule has 0 unspecified atom stereocenters. The molecule has 0 spiro atoms. The quantitative estimate of drug-likeness (QED) is 0.447. The first kappa shape index (κ1) is 25.1. The predicted molar refractivity (Wildman–Crippen MR) is 134 cm³/mol. The first-order chi connectivity index (χ1) is 16.2. The third-order valence-corrected chi connectivity index (χ3v) is 6.48. The van der Waals surface area contributed by atoms with Crippen LogP contribution in [0.5, 0.6) is 17.2 Å². The Balaban J connectivity index is 1.84. The fourth-order valence-electron chi connectivity index (χ4n) is 3.66. The molecule has 1 N–H and O–H groups in total. The number of carbonyl (C=O) groups excluding carboxylic acids is 1. The van der Waals surface area contributed by atoms with Crippen LogP contribution in [0.1, 0.15) is 30.5 Å². The van der Waals surface area contributed by atoms with Gasteiger partial charge in [0.25, 0.3) is 0 Å². The van der Waals surface area contributed by atoms with Crippen molar-refractivity contribution in [2.45, 2.75) is 26.3 Å². The maximum atomic E-state index is 13.0. The number of hydrogen-bond acceptors (Lipinski definition) is 5. The van der Waals surface area contributed by atoms with E-state index in [1.807, 2.05) is 50.2 Å². The lowest BCUT2D eigenvalue weighted by Crippen LogP contribution is -2.41. The van der Waals surface area contributed by atoms with Crippen LogP contribution < -0.4 is 19.1 Å². The van der Waals surface area contributed by atoms with Crippen LogP contribution in [-0.4, -0.2) is 34.2 Å². The van der Waals surface area contributed by atoms with Gasteiger partial charge >= 0.3 is 0 Å². The highest BCUT2D eigenvalue weighted by atomic mass is 32.2. The number of sulfonamides is 1. The number of hydrogen-bond donors (Lipinski definition) is 1. The second-order valence-electron chi connectivity index (χ2n) is 7.91. The molecule has 0 saturated heterocycles. The molecular formula is C26H30N2O5S. The summed E-state index contributed by atoms with van der Waals surface area (Å²) in [6.07, 6.45) is 1.72. The van der Waals surface area contributed by atoms with Crippen LogP contribution in [0.3, 0.4) is 0 Å². The van der Waals surface area contributed by atoms with Crippen LogP contribution in [0.15, 0.2) is 72.8 Å². The summed E-state index contributed by atoms with van der Waals surface area (Å²) in [7, 11) is -2.16. The molecule has 1 amide bonds. The molecule has 180 valence electrons. The van der Waals surface area contributed by atoms with Gasteiger partial charge in [-0.05, 0) is 54.8 Å². The molecule has 0 heterocycles. The first-order valence-corrected chi connectivity index (χ1v) is 12.8. The number of ether oxygens (including phenoxy) is 2. The van der Waals surface area contributed by atoms with Crippen LogP contribution in [0, 0.1) is 6.92 Å². The van der Waals surface area contributed by atoms with Crippen LogP contribution >= 0.6 is 0 Å². The molecule has 0 radical (unpaired) electrons. The number of methoxy groups -OCH3 is 1. The Bertz CT molecular complexity index is 1230. The van der Waals surface area contributed by atoms with Crippen molar-refractivity contribution in [3.8, 4) is 17.2 Å². The smallest absolute Gasteiger partial charge is 0.241 e. The van der Waals surface area contributed by atoms with E-state index < -0.39 is 15.9 Å². The predicted octanol–water partition coefficient (Wildman–Crippen LogP) is 4.83. The van der Waals surface area contributed by atoms with Crippen molar-refractivity contribution in [3.63, 3.8) is 0 Å². The van der Waals surface area contributed by atoms with E-state index in [1.165, 1.54) is 0 Å². The van der Waals surface area contributed by atoms with Crippen molar-refractivity contribution >= 4 is 21.6 Å². The van der Waals surface area contributed by atoms with Gasteiger partial charge in [0.1, 0.15) is 18.0 Å². The number of amides is 1. The molecule has 0 aliphatic carbocycles. The average molecular weight is 483 g/mol. The Hall–Kier alpha value is -3.52. The zero-order valence-corrected chi connectivity index (χ0v) is 20.6. The largest absolute Gasteiger partial charge is 0.496 e. The number of nitrogens with zero attached hydrogens (tertiary/aromatic N) is 1. The van der Waals surface area contributed by atoms with Gasteiger partial charge in [0.05, 0.1) is 25.1 Å². The van der Waals surface area contributed by atoms with E-state index >= 15 is 0 Å². The monoisotopic (exact) mass is 482 g/mol. The summed E-state index contributed by atoms with van der Waals surface area (Å²) in [6, 6.07) is 21.3. The number of rotatable bonds is 10. The van der Waals surface area contributed by atoms with Crippen molar-refractivity contribution in [2.24, 2.45) is 0 Å². The van der Waals surface area contributed by atoms with Gasteiger partial charge in [0, 0.05) is 0 Å². The van der Waals surface area contributed by atoms with E-state index in [4.69, 9.17) is 9.47 Å². The van der Waals surface area contributed by atoms with Crippen LogP contribution in [0.2, 0.25) is 0 Å². The summed E-state index contributed by atoms with van der Waals surface area (Å²) in [5.41, 5.74) is 2.17. The molecule has 1 atom stereocenters. The van der Waals surface area contributed by atoms with E-state index in [9.17, 15) is 13.2 Å². The van der Waals surface area contributed by atoms with Gasteiger partial charge in [-0.3, -0.25) is 9.10 Å². The number of carbonyl (C=O) groups is 1. The molecule has 3 rings (SSSR count). The molecule has 0 aromatic heterocycles. The van der Waals surface area contributed by atoms with Gasteiger partial charge in [0.15, 0.2) is 5.75 Å². The highest BCUT2D eigenvalue weighted by molar-refractivity contribution is 7.92. The highest BCUT2D eigenvalue weighted by Gasteiger charge is 2.25. The van der Waals surface area contributed by atoms with Crippen LogP contribution in [0.25, 0.3) is 0 Å². The number of aryl methyl sites for hydroxylation is 1. The van der Waals surface area contributed by atoms with Gasteiger partial charge in [0.2, 0.25) is 15.9 Å². The molecule has 3 aromatic carbocycles. The third-order valence-electron chi connectivity index (χ3n) is 5.36. The van der Waals surface area contributed by atoms with Gasteiger partial charge in [-0.2, -0.15) is 0 Å². The lowest BCUT2D eigenvalue weighted by atomic mass is 10.0. The second kappa shape index (κ2) is 11.1. The Morgan fingerprint density at radius 3 is 2.29 bits per heavy atom. The normalized spacial score (nSPS) is 12.0. The topological polar surface area (TPSA) is 84.9 Å². The lowest BCUT2D eigenvalue weighted by Gasteiger charge is -2.26. The Labute approximate surface area is 201 Å². The Kier molecular flexibility index (Phi) is 8.17. The molecule has 0 aliphatic rings. The minimum Gasteiger partial charge on any atom is -0.496 e. The molecule has 0 bridgehead atoms. The summed E-state index contributed by atoms with van der Waals surface area (Å²) in [4.78, 5) is 13.0. The third kappa shape index (κ3) is 6.29. The van der Waals surface area contributed by atoms with Crippen LogP contribution in [0.4, 0.5) is 5.69 Å². The Morgan fingerprint density at radius 1 is 1.00 bits per heavy atom. The summed E-state index contributed by atoms with van der Waals surface area (Å²) in [6.45, 7) is 3.52. The second-order valence-corrected chi connectivity index (χ2v) is 9.82. The highest BCUT2D eigenvalue weighted by Crippen LogP contribution is 2.33. The van der Waals surface area contributed by atoms with E-state index in [0.717, 1.165) is 27.4 Å². The van der Waals surface area contributed by atoms with Gasteiger partial charge in [-0.15, -0.1) is 0 Å². The summed E-state index contributed by atoms with van der Waals surface area (Å²) in [5.74, 6) is 1.25. The maximum Gasteiger partial charge on any atom is 0.241 e.